The maximum atomic E-state index is 11.1. The Morgan fingerprint density at radius 2 is 2.05 bits per heavy atom. The Balaban J connectivity index is 2.23. The first-order valence-electron chi connectivity index (χ1n) is 6.82. The summed E-state index contributed by atoms with van der Waals surface area (Å²) in [4.78, 5) is 14.7. The van der Waals surface area contributed by atoms with Gasteiger partial charge in [0.25, 0.3) is 0 Å². The van der Waals surface area contributed by atoms with Crippen molar-refractivity contribution in [2.45, 2.75) is 18.1 Å². The van der Waals surface area contributed by atoms with Crippen LogP contribution in [0.2, 0.25) is 0 Å². The molecule has 0 aliphatic carbocycles. The van der Waals surface area contributed by atoms with Crippen molar-refractivity contribution in [2.24, 2.45) is 0 Å². The maximum absolute atomic E-state index is 11.1. The minimum Gasteiger partial charge on any atom is -0.480 e. The summed E-state index contributed by atoms with van der Waals surface area (Å²) < 4.78 is 0. The number of rotatable bonds is 4. The molecule has 0 bridgehead atoms. The quantitative estimate of drug-likeness (QED) is 0.844. The fourth-order valence-corrected chi connectivity index (χ4v) is 2.97. The first-order chi connectivity index (χ1) is 9.43. The predicted octanol–water partition coefficient (Wildman–Crippen LogP) is 0.595. The number of nitrogens with zero attached hydrogens (tertiary/aromatic N) is 2. The molecule has 0 amide bonds. The van der Waals surface area contributed by atoms with Gasteiger partial charge in [0, 0.05) is 13.1 Å². The summed E-state index contributed by atoms with van der Waals surface area (Å²) in [5.74, 6) is -0.826. The van der Waals surface area contributed by atoms with Gasteiger partial charge in [-0.25, -0.2) is 0 Å². The van der Waals surface area contributed by atoms with Gasteiger partial charge in [-0.1, -0.05) is 30.3 Å². The number of hydrogen-bond donors (Lipinski definition) is 2. The highest BCUT2D eigenvalue weighted by molar-refractivity contribution is 5.69. The van der Waals surface area contributed by atoms with Crippen LogP contribution in [-0.2, 0) is 10.4 Å². The summed E-state index contributed by atoms with van der Waals surface area (Å²) in [5.41, 5.74) is -0.0339. The summed E-state index contributed by atoms with van der Waals surface area (Å²) >= 11 is 0. The highest BCUT2D eigenvalue weighted by Crippen LogP contribution is 2.35. The Labute approximate surface area is 119 Å². The van der Waals surface area contributed by atoms with E-state index < -0.39 is 11.6 Å². The minimum atomic E-state index is -0.931. The number of aliphatic carboxylic acids is 1. The average molecular weight is 278 g/mol. The molecule has 1 aliphatic heterocycles. The highest BCUT2D eigenvalue weighted by Gasteiger charge is 2.44. The van der Waals surface area contributed by atoms with E-state index in [-0.39, 0.29) is 12.6 Å². The van der Waals surface area contributed by atoms with E-state index in [9.17, 15) is 9.90 Å². The Bertz CT molecular complexity index is 463. The summed E-state index contributed by atoms with van der Waals surface area (Å²) in [6, 6.07) is 9.51. The van der Waals surface area contributed by atoms with Crippen molar-refractivity contribution >= 4 is 5.97 Å². The van der Waals surface area contributed by atoms with Gasteiger partial charge in [-0.2, -0.15) is 0 Å². The summed E-state index contributed by atoms with van der Waals surface area (Å²) in [6.45, 7) is 1.15. The van der Waals surface area contributed by atoms with Crippen molar-refractivity contribution in [1.29, 1.82) is 0 Å². The average Bonchev–Trinajstić information content (AvgIpc) is 2.41. The van der Waals surface area contributed by atoms with Crippen LogP contribution in [0.1, 0.15) is 12.0 Å². The van der Waals surface area contributed by atoms with E-state index in [1.54, 1.807) is 0 Å². The number of likely N-dealkylation sites (N-methyl/N-ethyl adjacent to an activating group) is 1. The molecule has 2 rings (SSSR count). The molecule has 1 aliphatic rings. The second-order valence-electron chi connectivity index (χ2n) is 5.65. The van der Waals surface area contributed by atoms with Crippen molar-refractivity contribution < 1.29 is 15.0 Å². The van der Waals surface area contributed by atoms with E-state index in [0.717, 1.165) is 5.56 Å². The van der Waals surface area contributed by atoms with Crippen molar-refractivity contribution in [2.75, 3.05) is 33.7 Å². The largest absolute Gasteiger partial charge is 0.480 e. The molecule has 1 saturated heterocycles. The zero-order valence-electron chi connectivity index (χ0n) is 12.0. The minimum absolute atomic E-state index is 0.0230. The summed E-state index contributed by atoms with van der Waals surface area (Å²) in [5, 5.41) is 20.0. The third kappa shape index (κ3) is 3.00. The van der Waals surface area contributed by atoms with Gasteiger partial charge >= 0.3 is 5.97 Å². The summed E-state index contributed by atoms with van der Waals surface area (Å²) in [6.07, 6.45) is 0.535. The molecule has 2 atom stereocenters. The van der Waals surface area contributed by atoms with Gasteiger partial charge in [-0.05, 0) is 26.1 Å². The molecule has 110 valence electrons. The lowest BCUT2D eigenvalue weighted by molar-refractivity contribution is -0.141. The van der Waals surface area contributed by atoms with Crippen LogP contribution >= 0.6 is 0 Å². The molecule has 1 heterocycles. The number of aliphatic hydroxyl groups is 1. The van der Waals surface area contributed by atoms with Gasteiger partial charge in [0.15, 0.2) is 0 Å². The zero-order chi connectivity index (χ0) is 14.8. The van der Waals surface area contributed by atoms with Gasteiger partial charge in [-0.15, -0.1) is 0 Å². The highest BCUT2D eigenvalue weighted by atomic mass is 16.4. The van der Waals surface area contributed by atoms with Crippen LogP contribution in [0.4, 0.5) is 0 Å². The second kappa shape index (κ2) is 5.91. The lowest BCUT2D eigenvalue weighted by Crippen LogP contribution is -2.59. The van der Waals surface area contributed by atoms with Crippen molar-refractivity contribution in [1.82, 2.24) is 9.80 Å². The van der Waals surface area contributed by atoms with Crippen molar-refractivity contribution in [3.05, 3.63) is 35.9 Å². The summed E-state index contributed by atoms with van der Waals surface area (Å²) in [7, 11) is 3.84. The first kappa shape index (κ1) is 15.0. The number of piperidine rings is 1. The fourth-order valence-electron chi connectivity index (χ4n) is 2.97. The van der Waals surface area contributed by atoms with E-state index in [1.807, 2.05) is 54.2 Å². The molecule has 20 heavy (non-hydrogen) atoms. The van der Waals surface area contributed by atoms with Gasteiger partial charge < -0.3 is 15.1 Å². The van der Waals surface area contributed by atoms with Gasteiger partial charge in [-0.3, -0.25) is 9.69 Å². The molecule has 0 spiro atoms. The zero-order valence-corrected chi connectivity index (χ0v) is 12.0. The van der Waals surface area contributed by atoms with Gasteiger partial charge in [0.05, 0.1) is 12.6 Å². The molecule has 5 nitrogen and oxygen atoms in total. The van der Waals surface area contributed by atoms with Crippen LogP contribution in [0.15, 0.2) is 30.3 Å². The van der Waals surface area contributed by atoms with Crippen LogP contribution < -0.4 is 0 Å². The smallest absolute Gasteiger partial charge is 0.317 e. The number of carbonyl (C=O) groups is 1. The van der Waals surface area contributed by atoms with E-state index in [4.69, 9.17) is 5.11 Å². The number of hydrogen-bond acceptors (Lipinski definition) is 4. The predicted molar refractivity (Wildman–Crippen MR) is 76.5 cm³/mol. The van der Waals surface area contributed by atoms with Crippen molar-refractivity contribution in [3.8, 4) is 0 Å². The van der Waals surface area contributed by atoms with E-state index in [1.165, 1.54) is 0 Å². The molecule has 1 fully saturated rings. The Kier molecular flexibility index (Phi) is 4.42. The van der Waals surface area contributed by atoms with E-state index in [0.29, 0.717) is 19.5 Å². The number of benzene rings is 1. The first-order valence-corrected chi connectivity index (χ1v) is 6.82. The number of carboxylic acid groups (broad SMARTS) is 1. The standard InChI is InChI=1S/C15H22N2O3/c1-16(2)13-10-17(11-14(18)19)9-8-15(13,20)12-6-4-3-5-7-12/h3-7,13,20H,8-11H2,1-2H3,(H,18,19)/t13-,15+/m1/s1. The molecule has 1 aromatic rings. The molecule has 0 radical (unpaired) electrons. The number of carboxylic acids is 1. The van der Waals surface area contributed by atoms with E-state index in [2.05, 4.69) is 0 Å². The molecule has 5 heteroatoms. The Morgan fingerprint density at radius 3 is 2.60 bits per heavy atom. The monoisotopic (exact) mass is 278 g/mol. The van der Waals surface area contributed by atoms with Crippen LogP contribution in [0.3, 0.4) is 0 Å². The van der Waals surface area contributed by atoms with Gasteiger partial charge in [0.1, 0.15) is 5.60 Å². The molecule has 1 aromatic carbocycles. The molecular formula is C15H22N2O3. The normalized spacial score (nSPS) is 27.7. The van der Waals surface area contributed by atoms with Crippen LogP contribution in [0, 0.1) is 0 Å². The van der Waals surface area contributed by atoms with Crippen LogP contribution in [0.5, 0.6) is 0 Å². The van der Waals surface area contributed by atoms with E-state index >= 15 is 0 Å². The molecule has 2 N–H and O–H groups in total. The SMILES string of the molecule is CN(C)[C@@H]1CN(CC(=O)O)CC[C@]1(O)c1ccccc1. The topological polar surface area (TPSA) is 64.0 Å². The molecular weight excluding hydrogens is 256 g/mol. The molecule has 0 saturated carbocycles. The number of likely N-dealkylation sites (tertiary alicyclic amines) is 1. The van der Waals surface area contributed by atoms with Crippen LogP contribution in [0.25, 0.3) is 0 Å². The lowest BCUT2D eigenvalue weighted by atomic mass is 9.80. The molecule has 0 unspecified atom stereocenters. The third-order valence-corrected chi connectivity index (χ3v) is 4.05. The maximum Gasteiger partial charge on any atom is 0.317 e. The Hall–Kier alpha value is -1.43. The third-order valence-electron chi connectivity index (χ3n) is 4.05. The van der Waals surface area contributed by atoms with Crippen molar-refractivity contribution in [3.63, 3.8) is 0 Å². The second-order valence-corrected chi connectivity index (χ2v) is 5.65. The van der Waals surface area contributed by atoms with Crippen LogP contribution in [-0.4, -0.2) is 65.8 Å². The van der Waals surface area contributed by atoms with Gasteiger partial charge in [0.2, 0.25) is 0 Å². The Morgan fingerprint density at radius 1 is 1.40 bits per heavy atom. The lowest BCUT2D eigenvalue weighted by Gasteiger charge is -2.47. The molecule has 0 aromatic heterocycles. The fraction of sp³-hybridized carbons (Fsp3) is 0.533.